The lowest BCUT2D eigenvalue weighted by atomic mass is 10.0. The van der Waals surface area contributed by atoms with Crippen LogP contribution in [0.25, 0.3) is 0 Å². The second-order valence-corrected chi connectivity index (χ2v) is 4.15. The lowest BCUT2D eigenvalue weighted by Crippen LogP contribution is -2.07. The van der Waals surface area contributed by atoms with Gasteiger partial charge in [0.1, 0.15) is 17.5 Å². The van der Waals surface area contributed by atoms with Gasteiger partial charge in [-0.05, 0) is 36.8 Å². The number of aryl methyl sites for hydroxylation is 1. The molecular formula is C14H10F3NO. The molecule has 0 bridgehead atoms. The number of hydrogen-bond acceptors (Lipinski definition) is 2. The summed E-state index contributed by atoms with van der Waals surface area (Å²) < 4.78 is 39.7. The van der Waals surface area contributed by atoms with Crippen LogP contribution >= 0.6 is 0 Å². The number of nitrogens with two attached hydrogens (primary N) is 1. The summed E-state index contributed by atoms with van der Waals surface area (Å²) in [6, 6.07) is 5.15. The van der Waals surface area contributed by atoms with E-state index in [0.29, 0.717) is 6.07 Å². The highest BCUT2D eigenvalue weighted by Gasteiger charge is 2.17. The molecule has 0 aliphatic carbocycles. The minimum absolute atomic E-state index is 0.115. The van der Waals surface area contributed by atoms with Crippen molar-refractivity contribution in [1.82, 2.24) is 0 Å². The van der Waals surface area contributed by atoms with E-state index in [9.17, 15) is 18.0 Å². The van der Waals surface area contributed by atoms with Crippen LogP contribution in [0.4, 0.5) is 18.9 Å². The Hall–Kier alpha value is -2.30. The van der Waals surface area contributed by atoms with E-state index in [0.717, 1.165) is 12.1 Å². The van der Waals surface area contributed by atoms with Crippen LogP contribution in [0.1, 0.15) is 21.5 Å². The molecule has 19 heavy (non-hydrogen) atoms. The van der Waals surface area contributed by atoms with Gasteiger partial charge < -0.3 is 5.73 Å². The summed E-state index contributed by atoms with van der Waals surface area (Å²) in [5.74, 6) is -3.06. The van der Waals surface area contributed by atoms with Crippen molar-refractivity contribution < 1.29 is 18.0 Å². The topological polar surface area (TPSA) is 43.1 Å². The number of halogens is 3. The van der Waals surface area contributed by atoms with Gasteiger partial charge in [0.15, 0.2) is 5.78 Å². The molecule has 0 radical (unpaired) electrons. The van der Waals surface area contributed by atoms with Crippen molar-refractivity contribution in [3.8, 4) is 0 Å². The summed E-state index contributed by atoms with van der Waals surface area (Å²) in [5, 5.41) is 0. The van der Waals surface area contributed by atoms with Crippen LogP contribution in [0.3, 0.4) is 0 Å². The van der Waals surface area contributed by atoms with Gasteiger partial charge in [-0.25, -0.2) is 13.2 Å². The molecule has 2 nitrogen and oxygen atoms in total. The number of ketones is 1. The molecule has 0 aromatic heterocycles. The standard InChI is InChI=1S/C14H10F3NO/c1-7-4-8(2-3-10(7)15)14(19)9-5-13(18)12(17)6-11(9)16/h2-6H,18H2,1H3. The van der Waals surface area contributed by atoms with Crippen molar-refractivity contribution in [3.63, 3.8) is 0 Å². The first-order valence-corrected chi connectivity index (χ1v) is 5.45. The van der Waals surface area contributed by atoms with E-state index in [2.05, 4.69) is 0 Å². The van der Waals surface area contributed by atoms with Gasteiger partial charge in [-0.15, -0.1) is 0 Å². The summed E-state index contributed by atoms with van der Waals surface area (Å²) in [4.78, 5) is 12.1. The lowest BCUT2D eigenvalue weighted by Gasteiger charge is -2.06. The van der Waals surface area contributed by atoms with E-state index in [4.69, 9.17) is 5.73 Å². The Bertz CT molecular complexity index is 668. The van der Waals surface area contributed by atoms with Gasteiger partial charge in [0.25, 0.3) is 0 Å². The van der Waals surface area contributed by atoms with Crippen molar-refractivity contribution in [2.75, 3.05) is 5.73 Å². The van der Waals surface area contributed by atoms with E-state index in [1.165, 1.54) is 19.1 Å². The van der Waals surface area contributed by atoms with Gasteiger partial charge in [-0.1, -0.05) is 0 Å². The zero-order valence-electron chi connectivity index (χ0n) is 10.0. The predicted molar refractivity (Wildman–Crippen MR) is 65.3 cm³/mol. The van der Waals surface area contributed by atoms with Crippen LogP contribution in [0.15, 0.2) is 30.3 Å². The summed E-state index contributed by atoms with van der Waals surface area (Å²) in [6.45, 7) is 1.49. The molecule has 0 heterocycles. The minimum atomic E-state index is -1.00. The molecule has 98 valence electrons. The molecular weight excluding hydrogens is 255 g/mol. The van der Waals surface area contributed by atoms with Crippen molar-refractivity contribution >= 4 is 11.5 Å². The van der Waals surface area contributed by atoms with Crippen LogP contribution < -0.4 is 5.73 Å². The van der Waals surface area contributed by atoms with Gasteiger partial charge in [-0.3, -0.25) is 4.79 Å². The van der Waals surface area contributed by atoms with Crippen LogP contribution in [0.5, 0.6) is 0 Å². The van der Waals surface area contributed by atoms with E-state index in [1.807, 2.05) is 0 Å². The fourth-order valence-electron chi connectivity index (χ4n) is 1.68. The molecule has 0 unspecified atom stereocenters. The Labute approximate surface area is 107 Å². The molecule has 2 N–H and O–H groups in total. The number of nitrogen functional groups attached to an aromatic ring is 1. The van der Waals surface area contributed by atoms with Crippen molar-refractivity contribution in [1.29, 1.82) is 0 Å². The Morgan fingerprint density at radius 1 is 1.00 bits per heavy atom. The Morgan fingerprint density at radius 3 is 2.32 bits per heavy atom. The van der Waals surface area contributed by atoms with Crippen molar-refractivity contribution in [3.05, 3.63) is 64.5 Å². The average Bonchev–Trinajstić information content (AvgIpc) is 2.36. The van der Waals surface area contributed by atoms with E-state index >= 15 is 0 Å². The molecule has 5 heteroatoms. The van der Waals surface area contributed by atoms with E-state index < -0.39 is 23.2 Å². The normalized spacial score (nSPS) is 10.5. The van der Waals surface area contributed by atoms with Crippen molar-refractivity contribution in [2.24, 2.45) is 0 Å². The third kappa shape index (κ3) is 2.45. The number of rotatable bonds is 2. The van der Waals surface area contributed by atoms with Gasteiger partial charge in [0, 0.05) is 11.6 Å². The Kier molecular flexibility index (Phi) is 3.29. The Morgan fingerprint density at radius 2 is 1.68 bits per heavy atom. The van der Waals surface area contributed by atoms with Crippen LogP contribution in [0.2, 0.25) is 0 Å². The predicted octanol–water partition coefficient (Wildman–Crippen LogP) is 3.23. The van der Waals surface area contributed by atoms with Gasteiger partial charge in [-0.2, -0.15) is 0 Å². The molecule has 0 aliphatic heterocycles. The summed E-state index contributed by atoms with van der Waals surface area (Å²) >= 11 is 0. The third-order valence-corrected chi connectivity index (χ3v) is 2.75. The fourth-order valence-corrected chi connectivity index (χ4v) is 1.68. The smallest absolute Gasteiger partial charge is 0.196 e. The second kappa shape index (κ2) is 4.76. The zero-order chi connectivity index (χ0) is 14.2. The molecule has 0 amide bonds. The highest BCUT2D eigenvalue weighted by molar-refractivity contribution is 6.09. The van der Waals surface area contributed by atoms with Gasteiger partial charge in [0.2, 0.25) is 0 Å². The molecule has 2 aromatic carbocycles. The summed E-state index contributed by atoms with van der Waals surface area (Å²) in [5.41, 5.74) is 5.03. The van der Waals surface area contributed by atoms with E-state index in [1.54, 1.807) is 0 Å². The monoisotopic (exact) mass is 265 g/mol. The Balaban J connectivity index is 2.49. The maximum absolute atomic E-state index is 13.6. The number of benzene rings is 2. The maximum atomic E-state index is 13.6. The van der Waals surface area contributed by atoms with E-state index in [-0.39, 0.29) is 22.4 Å². The van der Waals surface area contributed by atoms with Crippen LogP contribution in [-0.4, -0.2) is 5.78 Å². The van der Waals surface area contributed by atoms with Gasteiger partial charge >= 0.3 is 0 Å². The number of anilines is 1. The largest absolute Gasteiger partial charge is 0.396 e. The molecule has 0 fully saturated rings. The quantitative estimate of drug-likeness (QED) is 0.669. The van der Waals surface area contributed by atoms with Crippen LogP contribution in [-0.2, 0) is 0 Å². The minimum Gasteiger partial charge on any atom is -0.396 e. The molecule has 0 saturated carbocycles. The SMILES string of the molecule is Cc1cc(C(=O)c2cc(N)c(F)cc2F)ccc1F. The average molecular weight is 265 g/mol. The van der Waals surface area contributed by atoms with Crippen molar-refractivity contribution in [2.45, 2.75) is 6.92 Å². The van der Waals surface area contributed by atoms with Crippen LogP contribution in [0, 0.1) is 24.4 Å². The molecule has 0 aliphatic rings. The maximum Gasteiger partial charge on any atom is 0.196 e. The van der Waals surface area contributed by atoms with Gasteiger partial charge in [0.05, 0.1) is 11.3 Å². The molecule has 2 aromatic rings. The highest BCUT2D eigenvalue weighted by atomic mass is 19.1. The first-order valence-electron chi connectivity index (χ1n) is 5.45. The fraction of sp³-hybridized carbons (Fsp3) is 0.0714. The molecule has 0 atom stereocenters. The molecule has 0 saturated heterocycles. The third-order valence-electron chi connectivity index (χ3n) is 2.75. The summed E-state index contributed by atoms with van der Waals surface area (Å²) in [6.07, 6.45) is 0. The highest BCUT2D eigenvalue weighted by Crippen LogP contribution is 2.20. The number of hydrogen-bond donors (Lipinski definition) is 1. The number of carbonyl (C=O) groups excluding carboxylic acids is 1. The second-order valence-electron chi connectivity index (χ2n) is 4.15. The summed E-state index contributed by atoms with van der Waals surface area (Å²) in [7, 11) is 0. The first-order chi connectivity index (χ1) is 8.90. The zero-order valence-corrected chi connectivity index (χ0v) is 10.0. The molecule has 2 rings (SSSR count). The number of carbonyl (C=O) groups is 1. The first kappa shape index (κ1) is 13.1. The molecule has 0 spiro atoms. The lowest BCUT2D eigenvalue weighted by molar-refractivity contribution is 0.103.